The van der Waals surface area contributed by atoms with Crippen LogP contribution in [0, 0.1) is 11.8 Å². The molecular weight excluding hydrogens is 128 g/mol. The minimum Gasteiger partial charge on any atom is -0.375 e. The zero-order chi connectivity index (χ0) is 7.61. The summed E-state index contributed by atoms with van der Waals surface area (Å²) in [6.07, 6.45) is 0.495. The molecule has 2 atom stereocenters. The van der Waals surface area contributed by atoms with Gasteiger partial charge in [-0.25, -0.2) is 0 Å². The average molecular weight is 140 g/mol. The third kappa shape index (κ3) is 1.16. The lowest BCUT2D eigenvalue weighted by Gasteiger charge is -2.18. The normalized spacial score (nSPS) is 38.9. The maximum absolute atomic E-state index is 9.66. The summed E-state index contributed by atoms with van der Waals surface area (Å²) in [5.41, 5.74) is -0.880. The molecule has 2 unspecified atom stereocenters. The van der Waals surface area contributed by atoms with E-state index >= 15 is 0 Å². The van der Waals surface area contributed by atoms with Gasteiger partial charge >= 0.3 is 0 Å². The summed E-state index contributed by atoms with van der Waals surface area (Å²) in [4.78, 5) is 0. The monoisotopic (exact) mass is 140 g/mol. The zero-order valence-corrected chi connectivity index (χ0v) is 6.35. The van der Waals surface area contributed by atoms with Crippen LogP contribution in [0.3, 0.4) is 0 Å². The average Bonchev–Trinajstić information content (AvgIpc) is 2.15. The summed E-state index contributed by atoms with van der Waals surface area (Å²) >= 11 is 0. The van der Waals surface area contributed by atoms with Crippen LogP contribution >= 0.6 is 0 Å². The fourth-order valence-corrected chi connectivity index (χ4v) is 1.11. The molecule has 0 aliphatic carbocycles. The molecule has 2 nitrogen and oxygen atoms in total. The van der Waals surface area contributed by atoms with Gasteiger partial charge in [0.05, 0.1) is 12.7 Å². The Morgan fingerprint density at radius 3 is 2.80 bits per heavy atom. The molecule has 0 amide bonds. The van der Waals surface area contributed by atoms with E-state index in [9.17, 15) is 5.11 Å². The lowest BCUT2D eigenvalue weighted by atomic mass is 9.98. The Kier molecular flexibility index (Phi) is 1.98. The number of hydrogen-bond acceptors (Lipinski definition) is 2. The second kappa shape index (κ2) is 2.61. The van der Waals surface area contributed by atoms with E-state index in [1.165, 1.54) is 0 Å². The van der Waals surface area contributed by atoms with Crippen molar-refractivity contribution >= 4 is 0 Å². The fourth-order valence-electron chi connectivity index (χ4n) is 1.11. The highest BCUT2D eigenvalue weighted by Crippen LogP contribution is 2.24. The highest BCUT2D eigenvalue weighted by Gasteiger charge is 2.37. The highest BCUT2D eigenvalue weighted by atomic mass is 16.5. The van der Waals surface area contributed by atoms with Gasteiger partial charge in [0.25, 0.3) is 0 Å². The predicted molar refractivity (Wildman–Crippen MR) is 38.4 cm³/mol. The van der Waals surface area contributed by atoms with Gasteiger partial charge in [-0.1, -0.05) is 5.92 Å². The Labute approximate surface area is 61.2 Å². The van der Waals surface area contributed by atoms with Crippen LogP contribution in [0.4, 0.5) is 0 Å². The van der Waals surface area contributed by atoms with Crippen LogP contribution in [0.2, 0.25) is 0 Å². The van der Waals surface area contributed by atoms with Crippen molar-refractivity contribution in [2.45, 2.75) is 32.0 Å². The van der Waals surface area contributed by atoms with Crippen molar-refractivity contribution < 1.29 is 9.84 Å². The van der Waals surface area contributed by atoms with Crippen molar-refractivity contribution in [3.63, 3.8) is 0 Å². The van der Waals surface area contributed by atoms with Crippen LogP contribution in [0.15, 0.2) is 0 Å². The molecule has 1 aliphatic heterocycles. The second-order valence-corrected chi connectivity index (χ2v) is 2.56. The molecule has 0 aromatic heterocycles. The first-order chi connectivity index (χ1) is 4.69. The van der Waals surface area contributed by atoms with Gasteiger partial charge in [0.15, 0.2) is 5.60 Å². The first-order valence-corrected chi connectivity index (χ1v) is 3.47. The fraction of sp³-hybridized carbons (Fsp3) is 0.750. The van der Waals surface area contributed by atoms with Crippen molar-refractivity contribution in [3.05, 3.63) is 0 Å². The van der Waals surface area contributed by atoms with Gasteiger partial charge in [-0.05, 0) is 13.8 Å². The molecule has 10 heavy (non-hydrogen) atoms. The van der Waals surface area contributed by atoms with E-state index < -0.39 is 5.60 Å². The standard InChI is InChI=1S/C8H12O2/c1-3-4-8(9)5-6-10-7(8)2/h7,9H,5-6H2,1-2H3. The molecule has 1 N–H and O–H groups in total. The summed E-state index contributed by atoms with van der Waals surface area (Å²) < 4.78 is 5.17. The van der Waals surface area contributed by atoms with Gasteiger partial charge in [-0.2, -0.15) is 0 Å². The van der Waals surface area contributed by atoms with E-state index in [-0.39, 0.29) is 6.10 Å². The van der Waals surface area contributed by atoms with Crippen LogP contribution < -0.4 is 0 Å². The molecule has 1 heterocycles. The van der Waals surface area contributed by atoms with E-state index in [1.54, 1.807) is 6.92 Å². The SMILES string of the molecule is CC#CC1(O)CCOC1C. The first kappa shape index (κ1) is 7.59. The summed E-state index contributed by atoms with van der Waals surface area (Å²) in [7, 11) is 0. The summed E-state index contributed by atoms with van der Waals surface area (Å²) in [6.45, 7) is 4.19. The van der Waals surface area contributed by atoms with Gasteiger partial charge in [0.2, 0.25) is 0 Å². The van der Waals surface area contributed by atoms with Crippen LogP contribution in [-0.2, 0) is 4.74 Å². The lowest BCUT2D eigenvalue weighted by molar-refractivity contribution is 0.0137. The lowest BCUT2D eigenvalue weighted by Crippen LogP contribution is -2.34. The molecule has 1 aliphatic rings. The van der Waals surface area contributed by atoms with Crippen molar-refractivity contribution in [1.29, 1.82) is 0 Å². The van der Waals surface area contributed by atoms with Crippen molar-refractivity contribution in [1.82, 2.24) is 0 Å². The van der Waals surface area contributed by atoms with Crippen LogP contribution in [0.5, 0.6) is 0 Å². The minimum absolute atomic E-state index is 0.139. The van der Waals surface area contributed by atoms with Gasteiger partial charge in [-0.3, -0.25) is 0 Å². The molecule has 1 rings (SSSR count). The maximum atomic E-state index is 9.66. The molecule has 0 saturated carbocycles. The van der Waals surface area contributed by atoms with E-state index in [2.05, 4.69) is 11.8 Å². The smallest absolute Gasteiger partial charge is 0.153 e. The van der Waals surface area contributed by atoms with Crippen molar-refractivity contribution in [2.24, 2.45) is 0 Å². The van der Waals surface area contributed by atoms with Gasteiger partial charge in [-0.15, -0.1) is 5.92 Å². The third-order valence-electron chi connectivity index (χ3n) is 1.87. The van der Waals surface area contributed by atoms with Crippen molar-refractivity contribution in [2.75, 3.05) is 6.61 Å². The summed E-state index contributed by atoms with van der Waals surface area (Å²) in [5.74, 6) is 5.45. The highest BCUT2D eigenvalue weighted by molar-refractivity contribution is 5.16. The van der Waals surface area contributed by atoms with Crippen LogP contribution in [0.25, 0.3) is 0 Å². The topological polar surface area (TPSA) is 29.5 Å². The number of ether oxygens (including phenoxy) is 1. The molecule has 0 bridgehead atoms. The first-order valence-electron chi connectivity index (χ1n) is 3.47. The van der Waals surface area contributed by atoms with E-state index in [4.69, 9.17) is 4.74 Å². The molecular formula is C8H12O2. The molecule has 0 aromatic carbocycles. The molecule has 0 radical (unpaired) electrons. The summed E-state index contributed by atoms with van der Waals surface area (Å²) in [5, 5.41) is 9.66. The zero-order valence-electron chi connectivity index (χ0n) is 6.35. The Morgan fingerprint density at radius 2 is 2.40 bits per heavy atom. The van der Waals surface area contributed by atoms with E-state index in [1.807, 2.05) is 6.92 Å². The van der Waals surface area contributed by atoms with Crippen molar-refractivity contribution in [3.8, 4) is 11.8 Å². The number of aliphatic hydroxyl groups is 1. The number of rotatable bonds is 0. The van der Waals surface area contributed by atoms with Crippen LogP contribution in [-0.4, -0.2) is 23.4 Å². The Hall–Kier alpha value is -0.520. The Morgan fingerprint density at radius 1 is 1.70 bits per heavy atom. The Balaban J connectivity index is 2.72. The largest absolute Gasteiger partial charge is 0.375 e. The molecule has 0 aromatic rings. The quantitative estimate of drug-likeness (QED) is 0.498. The minimum atomic E-state index is -0.880. The van der Waals surface area contributed by atoms with E-state index in [0.717, 1.165) is 0 Å². The molecule has 56 valence electrons. The summed E-state index contributed by atoms with van der Waals surface area (Å²) in [6, 6.07) is 0. The molecule has 2 heteroatoms. The number of hydrogen-bond donors (Lipinski definition) is 1. The molecule has 0 spiro atoms. The van der Waals surface area contributed by atoms with Gasteiger partial charge < -0.3 is 9.84 Å². The van der Waals surface area contributed by atoms with Crippen LogP contribution in [0.1, 0.15) is 20.3 Å². The van der Waals surface area contributed by atoms with Gasteiger partial charge in [0, 0.05) is 6.42 Å². The molecule has 1 fully saturated rings. The van der Waals surface area contributed by atoms with Gasteiger partial charge in [0.1, 0.15) is 0 Å². The van der Waals surface area contributed by atoms with E-state index in [0.29, 0.717) is 13.0 Å². The predicted octanol–water partition coefficient (Wildman–Crippen LogP) is 0.550. The molecule has 1 saturated heterocycles. The Bertz CT molecular complexity index is 177. The maximum Gasteiger partial charge on any atom is 0.153 e. The second-order valence-electron chi connectivity index (χ2n) is 2.56. The third-order valence-corrected chi connectivity index (χ3v) is 1.87.